The van der Waals surface area contributed by atoms with E-state index in [1.807, 2.05) is 0 Å². The predicted molar refractivity (Wildman–Crippen MR) is 145 cm³/mol. The van der Waals surface area contributed by atoms with Gasteiger partial charge in [0.2, 0.25) is 27.5 Å². The van der Waals surface area contributed by atoms with Crippen molar-refractivity contribution in [2.75, 3.05) is 25.1 Å². The molecule has 0 amide bonds. The molecule has 0 bridgehead atoms. The van der Waals surface area contributed by atoms with E-state index in [2.05, 4.69) is 0 Å². The lowest BCUT2D eigenvalue weighted by atomic mass is 9.94. The summed E-state index contributed by atoms with van der Waals surface area (Å²) in [6.07, 6.45) is -1.85. The maximum atomic E-state index is 14.6. The average Bonchev–Trinajstić information content (AvgIpc) is 2.92. The Morgan fingerprint density at radius 3 is 2.40 bits per heavy atom. The minimum absolute atomic E-state index is 0.000358. The summed E-state index contributed by atoms with van der Waals surface area (Å²) in [5, 5.41) is 8.56. The van der Waals surface area contributed by atoms with Crippen LogP contribution < -0.4 is 9.64 Å². The first-order valence-electron chi connectivity index (χ1n) is 13.0. The molecule has 1 aliphatic heterocycles. The molecule has 2 atom stereocenters. The van der Waals surface area contributed by atoms with Crippen LogP contribution in [0.4, 0.5) is 37.7 Å². The lowest BCUT2D eigenvalue weighted by molar-refractivity contribution is -0.151. The Morgan fingerprint density at radius 1 is 1.17 bits per heavy atom. The number of likely N-dealkylation sites (N-methyl/N-ethyl adjacent to an activating group) is 1. The summed E-state index contributed by atoms with van der Waals surface area (Å²) < 4.78 is 118. The zero-order chi connectivity index (χ0) is 31.3. The molecule has 2 aromatic carbocycles. The molecule has 0 spiro atoms. The van der Waals surface area contributed by atoms with Crippen LogP contribution in [0.1, 0.15) is 39.5 Å². The molecule has 2 aliphatic rings. The molecule has 15 heteroatoms. The SMILES string of the molecule is CN1[C@H](CCC(C)(F)F)CN(c2cccc(F)c2)c2cc(SC3CC(F)(F)C3)c(OC[C@@](C)(F)C(=O)O)cc2S1(=O)=O. The summed E-state index contributed by atoms with van der Waals surface area (Å²) in [4.78, 5) is 12.5. The number of carbonyl (C=O) groups is 1. The third-order valence-corrected chi connectivity index (χ3v) is 10.4. The minimum Gasteiger partial charge on any atom is -0.488 e. The predicted octanol–water partition coefficient (Wildman–Crippen LogP) is 6.48. The zero-order valence-corrected chi connectivity index (χ0v) is 24.6. The number of hydrogen-bond donors (Lipinski definition) is 1. The van der Waals surface area contributed by atoms with Crippen molar-refractivity contribution in [3.63, 3.8) is 0 Å². The van der Waals surface area contributed by atoms with Gasteiger partial charge in [-0.05, 0) is 44.5 Å². The molecule has 4 rings (SSSR count). The Hall–Kier alpha value is -2.65. The zero-order valence-electron chi connectivity index (χ0n) is 22.9. The lowest BCUT2D eigenvalue weighted by Gasteiger charge is -2.35. The lowest BCUT2D eigenvalue weighted by Crippen LogP contribution is -2.41. The maximum Gasteiger partial charge on any atom is 0.344 e. The van der Waals surface area contributed by atoms with Gasteiger partial charge in [0.15, 0.2) is 0 Å². The van der Waals surface area contributed by atoms with Crippen LogP contribution >= 0.6 is 11.8 Å². The molecule has 1 N–H and O–H groups in total. The van der Waals surface area contributed by atoms with E-state index in [9.17, 15) is 39.6 Å². The van der Waals surface area contributed by atoms with Crippen molar-refractivity contribution in [2.24, 2.45) is 0 Å². The van der Waals surface area contributed by atoms with Crippen molar-refractivity contribution < 1.29 is 49.4 Å². The van der Waals surface area contributed by atoms with E-state index in [0.29, 0.717) is 6.92 Å². The molecule has 0 aromatic heterocycles. The van der Waals surface area contributed by atoms with Gasteiger partial charge in [-0.2, -0.15) is 4.31 Å². The summed E-state index contributed by atoms with van der Waals surface area (Å²) in [5.41, 5.74) is -2.66. The fourth-order valence-electron chi connectivity index (χ4n) is 4.65. The average molecular weight is 641 g/mol. The van der Waals surface area contributed by atoms with E-state index in [-0.39, 0.29) is 35.0 Å². The summed E-state index contributed by atoms with van der Waals surface area (Å²) in [6, 6.07) is 6.57. The highest BCUT2D eigenvalue weighted by Gasteiger charge is 2.47. The van der Waals surface area contributed by atoms with E-state index in [1.165, 1.54) is 36.2 Å². The fourth-order valence-corrected chi connectivity index (χ4v) is 7.65. The molecule has 1 saturated carbocycles. The van der Waals surface area contributed by atoms with Gasteiger partial charge in [-0.1, -0.05) is 6.07 Å². The van der Waals surface area contributed by atoms with Crippen molar-refractivity contribution in [1.82, 2.24) is 4.31 Å². The van der Waals surface area contributed by atoms with Crippen molar-refractivity contribution >= 4 is 39.1 Å². The molecule has 7 nitrogen and oxygen atoms in total. The molecule has 0 saturated heterocycles. The second kappa shape index (κ2) is 11.5. The first kappa shape index (κ1) is 32.3. The largest absolute Gasteiger partial charge is 0.488 e. The number of thioether (sulfide) groups is 1. The van der Waals surface area contributed by atoms with Crippen LogP contribution in [0.15, 0.2) is 46.2 Å². The van der Waals surface area contributed by atoms with Crippen LogP contribution in [-0.4, -0.2) is 72.8 Å². The van der Waals surface area contributed by atoms with Gasteiger partial charge in [-0.15, -0.1) is 11.8 Å². The summed E-state index contributed by atoms with van der Waals surface area (Å²) in [7, 11) is -3.22. The number of carboxylic acid groups (broad SMARTS) is 1. The number of halogens is 6. The first-order chi connectivity index (χ1) is 19.3. The number of ether oxygens (including phenoxy) is 1. The van der Waals surface area contributed by atoms with Crippen molar-refractivity contribution in [3.8, 4) is 5.75 Å². The van der Waals surface area contributed by atoms with Gasteiger partial charge in [-0.3, -0.25) is 0 Å². The Balaban J connectivity index is 1.87. The monoisotopic (exact) mass is 640 g/mol. The van der Waals surface area contributed by atoms with Gasteiger partial charge < -0.3 is 14.7 Å². The molecular formula is C27H30F6N2O5S2. The second-order valence-corrected chi connectivity index (χ2v) is 14.2. The number of sulfonamides is 1. The molecule has 42 heavy (non-hydrogen) atoms. The minimum atomic E-state index is -4.44. The van der Waals surface area contributed by atoms with Crippen LogP contribution in [0.5, 0.6) is 5.75 Å². The summed E-state index contributed by atoms with van der Waals surface area (Å²) >= 11 is 0.930. The smallest absolute Gasteiger partial charge is 0.344 e. The van der Waals surface area contributed by atoms with Crippen molar-refractivity contribution in [3.05, 3.63) is 42.2 Å². The van der Waals surface area contributed by atoms with Crippen LogP contribution in [-0.2, 0) is 14.8 Å². The maximum absolute atomic E-state index is 14.6. The normalized spacial score (nSPS) is 22.0. The fraction of sp³-hybridized carbons (Fsp3) is 0.519. The molecule has 232 valence electrons. The number of benzene rings is 2. The van der Waals surface area contributed by atoms with Gasteiger partial charge in [0.25, 0.3) is 0 Å². The molecule has 1 fully saturated rings. The summed E-state index contributed by atoms with van der Waals surface area (Å²) in [5.74, 6) is -8.71. The van der Waals surface area contributed by atoms with Gasteiger partial charge in [0.05, 0.1) is 10.6 Å². The number of nitrogens with zero attached hydrogens (tertiary/aromatic N) is 2. The Kier molecular flexibility index (Phi) is 8.80. The quantitative estimate of drug-likeness (QED) is 0.298. The number of aliphatic carboxylic acids is 1. The van der Waals surface area contributed by atoms with Crippen LogP contribution in [0.2, 0.25) is 0 Å². The van der Waals surface area contributed by atoms with Crippen molar-refractivity contribution in [2.45, 2.75) is 78.1 Å². The van der Waals surface area contributed by atoms with E-state index in [4.69, 9.17) is 9.84 Å². The number of carboxylic acids is 1. The highest BCUT2D eigenvalue weighted by Crippen LogP contribution is 2.51. The second-order valence-electron chi connectivity index (χ2n) is 10.9. The number of anilines is 2. The Morgan fingerprint density at radius 2 is 1.83 bits per heavy atom. The number of alkyl halides is 5. The van der Waals surface area contributed by atoms with E-state index in [0.717, 1.165) is 35.1 Å². The van der Waals surface area contributed by atoms with Crippen LogP contribution in [0, 0.1) is 5.82 Å². The Labute approximate surface area is 243 Å². The van der Waals surface area contributed by atoms with E-state index in [1.54, 1.807) is 0 Å². The number of fused-ring (bicyclic) bond motifs is 1. The van der Waals surface area contributed by atoms with E-state index >= 15 is 0 Å². The molecule has 0 unspecified atom stereocenters. The molecule has 1 aliphatic carbocycles. The van der Waals surface area contributed by atoms with Crippen LogP contribution in [0.3, 0.4) is 0 Å². The standard InChI is InChI=1S/C27H30F6N2O5S2/c1-25(29,24(36)37)15-40-21-11-23-20(10-22(21)41-19-12-27(32,33)13-19)35(17-6-4-5-16(28)9-17)14-18(7-8-26(2,30)31)34(3)42(23,38)39/h4-6,9-11,18-19H,7-8,12-15H2,1-3H3,(H,36,37)/t18-,25-/m1/s1. The molecular weight excluding hydrogens is 610 g/mol. The third-order valence-electron chi connectivity index (χ3n) is 7.21. The summed E-state index contributed by atoms with van der Waals surface area (Å²) in [6.45, 7) is 0.287. The number of hydrogen-bond acceptors (Lipinski definition) is 6. The highest BCUT2D eigenvalue weighted by molar-refractivity contribution is 8.00. The molecule has 2 aromatic rings. The Bertz CT molecular complexity index is 1440. The molecule has 0 radical (unpaired) electrons. The van der Waals surface area contributed by atoms with Gasteiger partial charge in [0, 0.05) is 55.9 Å². The third kappa shape index (κ3) is 7.10. The van der Waals surface area contributed by atoms with Crippen molar-refractivity contribution in [1.29, 1.82) is 0 Å². The van der Waals surface area contributed by atoms with Gasteiger partial charge >= 0.3 is 5.97 Å². The highest BCUT2D eigenvalue weighted by atomic mass is 32.2. The van der Waals surface area contributed by atoms with Gasteiger partial charge in [-0.25, -0.2) is 39.6 Å². The number of rotatable bonds is 10. The van der Waals surface area contributed by atoms with E-state index < -0.39 is 81.4 Å². The molecule has 1 heterocycles. The topological polar surface area (TPSA) is 87.2 Å². The first-order valence-corrected chi connectivity index (χ1v) is 15.3. The van der Waals surface area contributed by atoms with Gasteiger partial charge in [0.1, 0.15) is 23.1 Å². The van der Waals surface area contributed by atoms with Crippen LogP contribution in [0.25, 0.3) is 0 Å².